The zero-order chi connectivity index (χ0) is 20.2. The van der Waals surface area contributed by atoms with Crippen LogP contribution in [0.3, 0.4) is 0 Å². The summed E-state index contributed by atoms with van der Waals surface area (Å²) in [6.45, 7) is 2.34. The Bertz CT molecular complexity index is 999. The molecule has 1 aliphatic heterocycles. The third-order valence-corrected chi connectivity index (χ3v) is 5.32. The largest absolute Gasteiger partial charge is 0.467 e. The number of rotatable bonds is 6. The molecule has 0 spiro atoms. The van der Waals surface area contributed by atoms with Gasteiger partial charge < -0.3 is 9.73 Å². The van der Waals surface area contributed by atoms with Gasteiger partial charge in [-0.05, 0) is 50.2 Å². The minimum Gasteiger partial charge on any atom is -0.467 e. The van der Waals surface area contributed by atoms with Crippen molar-refractivity contribution < 1.29 is 9.21 Å². The molecule has 4 rings (SSSR count). The summed E-state index contributed by atoms with van der Waals surface area (Å²) in [4.78, 5) is 26.9. The Kier molecular flexibility index (Phi) is 5.62. The Morgan fingerprint density at radius 1 is 1.17 bits per heavy atom. The van der Waals surface area contributed by atoms with E-state index in [2.05, 4.69) is 15.3 Å². The van der Waals surface area contributed by atoms with Crippen molar-refractivity contribution in [2.45, 2.75) is 25.3 Å². The fourth-order valence-corrected chi connectivity index (χ4v) is 3.78. The molecule has 3 heterocycles. The summed E-state index contributed by atoms with van der Waals surface area (Å²) in [5, 5.41) is 7.39. The topological polar surface area (TPSA) is 85.3 Å². The van der Waals surface area contributed by atoms with E-state index < -0.39 is 0 Å². The van der Waals surface area contributed by atoms with E-state index in [9.17, 15) is 9.59 Å². The number of piperidine rings is 1. The van der Waals surface area contributed by atoms with Gasteiger partial charge in [0.1, 0.15) is 11.6 Å². The summed E-state index contributed by atoms with van der Waals surface area (Å²) in [6, 6.07) is 13.3. The van der Waals surface area contributed by atoms with Gasteiger partial charge in [-0.2, -0.15) is 5.10 Å². The molecule has 0 aliphatic carbocycles. The summed E-state index contributed by atoms with van der Waals surface area (Å²) < 4.78 is 8.34. The lowest BCUT2D eigenvalue weighted by molar-refractivity contribution is -0.122. The number of para-hydroxylation sites is 1. The lowest BCUT2D eigenvalue weighted by atomic mass is 9.95. The number of furan rings is 1. The maximum Gasteiger partial charge on any atom is 0.350 e. The Labute approximate surface area is 168 Å². The van der Waals surface area contributed by atoms with E-state index in [4.69, 9.17) is 4.42 Å². The number of benzene rings is 1. The second-order valence-corrected chi connectivity index (χ2v) is 7.34. The van der Waals surface area contributed by atoms with Gasteiger partial charge in [-0.1, -0.05) is 18.2 Å². The molecule has 8 heteroatoms. The van der Waals surface area contributed by atoms with Crippen LogP contribution in [-0.2, 0) is 18.4 Å². The SMILES string of the molecule is Cn1nc(C2CCN(CC(=O)NCc3ccco3)CC2)n(-c2ccccc2)c1=O. The molecule has 1 N–H and O–H groups in total. The Balaban J connectivity index is 1.37. The van der Waals surface area contributed by atoms with Crippen LogP contribution in [0.2, 0.25) is 0 Å². The minimum absolute atomic E-state index is 0.0149. The molecule has 1 amide bonds. The first-order chi connectivity index (χ1) is 14.1. The number of carbonyl (C=O) groups is 1. The quantitative estimate of drug-likeness (QED) is 0.686. The van der Waals surface area contributed by atoms with Crippen molar-refractivity contribution in [2.24, 2.45) is 7.05 Å². The summed E-state index contributed by atoms with van der Waals surface area (Å²) in [6.07, 6.45) is 3.31. The fourth-order valence-electron chi connectivity index (χ4n) is 3.78. The van der Waals surface area contributed by atoms with Gasteiger partial charge >= 0.3 is 5.69 Å². The van der Waals surface area contributed by atoms with Crippen molar-refractivity contribution in [3.8, 4) is 5.69 Å². The van der Waals surface area contributed by atoms with Crippen LogP contribution in [0.25, 0.3) is 5.69 Å². The maximum atomic E-state index is 12.6. The van der Waals surface area contributed by atoms with Gasteiger partial charge in [-0.25, -0.2) is 14.0 Å². The first-order valence-electron chi connectivity index (χ1n) is 9.84. The van der Waals surface area contributed by atoms with Gasteiger partial charge in [0.25, 0.3) is 0 Å². The highest BCUT2D eigenvalue weighted by atomic mass is 16.3. The molecule has 29 heavy (non-hydrogen) atoms. The van der Waals surface area contributed by atoms with E-state index in [0.717, 1.165) is 43.2 Å². The zero-order valence-corrected chi connectivity index (χ0v) is 16.5. The van der Waals surface area contributed by atoms with Crippen LogP contribution in [0.1, 0.15) is 30.3 Å². The van der Waals surface area contributed by atoms with E-state index in [-0.39, 0.29) is 17.5 Å². The molecular weight excluding hydrogens is 370 g/mol. The van der Waals surface area contributed by atoms with E-state index in [1.807, 2.05) is 36.4 Å². The Hall–Kier alpha value is -3.13. The van der Waals surface area contributed by atoms with Crippen LogP contribution in [0.5, 0.6) is 0 Å². The molecule has 1 aliphatic rings. The smallest absolute Gasteiger partial charge is 0.350 e. The Morgan fingerprint density at radius 2 is 1.93 bits per heavy atom. The van der Waals surface area contributed by atoms with Crippen LogP contribution < -0.4 is 11.0 Å². The maximum absolute atomic E-state index is 12.6. The number of nitrogens with one attached hydrogen (secondary N) is 1. The van der Waals surface area contributed by atoms with Gasteiger partial charge in [-0.3, -0.25) is 9.69 Å². The molecule has 0 saturated carbocycles. The van der Waals surface area contributed by atoms with E-state index in [1.54, 1.807) is 23.9 Å². The number of amides is 1. The molecule has 0 bridgehead atoms. The van der Waals surface area contributed by atoms with E-state index >= 15 is 0 Å². The van der Waals surface area contributed by atoms with Crippen molar-refractivity contribution in [1.82, 2.24) is 24.6 Å². The molecule has 2 aromatic heterocycles. The summed E-state index contributed by atoms with van der Waals surface area (Å²) >= 11 is 0. The van der Waals surface area contributed by atoms with Crippen LogP contribution in [0.4, 0.5) is 0 Å². The average molecular weight is 395 g/mol. The molecular formula is C21H25N5O3. The summed E-state index contributed by atoms with van der Waals surface area (Å²) in [5.41, 5.74) is 0.700. The number of aryl methyl sites for hydroxylation is 1. The minimum atomic E-state index is -0.133. The highest BCUT2D eigenvalue weighted by Crippen LogP contribution is 2.27. The molecule has 0 radical (unpaired) electrons. The molecule has 3 aromatic rings. The van der Waals surface area contributed by atoms with Gasteiger partial charge in [0.15, 0.2) is 0 Å². The standard InChI is InChI=1S/C21H25N5O3/c1-24-21(28)26(17-6-3-2-4-7-17)20(23-24)16-9-11-25(12-10-16)15-19(27)22-14-18-8-5-13-29-18/h2-8,13,16H,9-12,14-15H2,1H3,(H,22,27). The highest BCUT2D eigenvalue weighted by molar-refractivity contribution is 5.77. The third kappa shape index (κ3) is 4.32. The molecule has 8 nitrogen and oxygen atoms in total. The lowest BCUT2D eigenvalue weighted by Gasteiger charge is -2.31. The zero-order valence-electron chi connectivity index (χ0n) is 16.5. The van der Waals surface area contributed by atoms with Crippen LogP contribution in [0, 0.1) is 0 Å². The van der Waals surface area contributed by atoms with Crippen molar-refractivity contribution >= 4 is 5.91 Å². The molecule has 1 aromatic carbocycles. The summed E-state index contributed by atoms with van der Waals surface area (Å²) in [5.74, 6) is 1.71. The van der Waals surface area contributed by atoms with Crippen molar-refractivity contribution in [3.05, 3.63) is 70.8 Å². The number of carbonyl (C=O) groups excluding carboxylic acids is 1. The van der Waals surface area contributed by atoms with Crippen molar-refractivity contribution in [3.63, 3.8) is 0 Å². The normalized spacial score (nSPS) is 15.5. The summed E-state index contributed by atoms with van der Waals surface area (Å²) in [7, 11) is 1.68. The van der Waals surface area contributed by atoms with Gasteiger partial charge in [0.2, 0.25) is 5.91 Å². The number of hydrogen-bond donors (Lipinski definition) is 1. The van der Waals surface area contributed by atoms with Crippen LogP contribution in [-0.4, -0.2) is 44.8 Å². The first-order valence-corrected chi connectivity index (χ1v) is 9.84. The number of nitrogens with zero attached hydrogens (tertiary/aromatic N) is 4. The predicted molar refractivity (Wildman–Crippen MR) is 108 cm³/mol. The third-order valence-electron chi connectivity index (χ3n) is 5.32. The van der Waals surface area contributed by atoms with Gasteiger partial charge in [0, 0.05) is 13.0 Å². The Morgan fingerprint density at radius 3 is 2.62 bits per heavy atom. The number of aromatic nitrogens is 3. The number of hydrogen-bond acceptors (Lipinski definition) is 5. The fraction of sp³-hybridized carbons (Fsp3) is 0.381. The molecule has 152 valence electrons. The predicted octanol–water partition coefficient (Wildman–Crippen LogP) is 1.66. The van der Waals surface area contributed by atoms with Gasteiger partial charge in [-0.15, -0.1) is 0 Å². The monoisotopic (exact) mass is 395 g/mol. The van der Waals surface area contributed by atoms with Crippen molar-refractivity contribution in [1.29, 1.82) is 0 Å². The highest BCUT2D eigenvalue weighted by Gasteiger charge is 2.27. The second-order valence-electron chi connectivity index (χ2n) is 7.34. The second kappa shape index (κ2) is 8.48. The molecule has 1 saturated heterocycles. The van der Waals surface area contributed by atoms with E-state index in [0.29, 0.717) is 13.1 Å². The van der Waals surface area contributed by atoms with Gasteiger partial charge in [0.05, 0.1) is 25.0 Å². The molecule has 0 unspecified atom stereocenters. The lowest BCUT2D eigenvalue weighted by Crippen LogP contribution is -2.41. The van der Waals surface area contributed by atoms with E-state index in [1.165, 1.54) is 4.68 Å². The molecule has 1 fully saturated rings. The van der Waals surface area contributed by atoms with Crippen LogP contribution >= 0.6 is 0 Å². The van der Waals surface area contributed by atoms with Crippen LogP contribution in [0.15, 0.2) is 57.9 Å². The van der Waals surface area contributed by atoms with Crippen molar-refractivity contribution in [2.75, 3.05) is 19.6 Å². The number of likely N-dealkylation sites (tertiary alicyclic amines) is 1. The molecule has 0 atom stereocenters. The first kappa shape index (κ1) is 19.2. The average Bonchev–Trinajstić information content (AvgIpc) is 3.36.